The smallest absolute Gasteiger partial charge is 0.169 e. The number of imidazole rings is 1. The number of halogens is 1. The Labute approximate surface area is 115 Å². The number of aryl methyl sites for hydroxylation is 1. The summed E-state index contributed by atoms with van der Waals surface area (Å²) in [4.78, 5) is 15.8. The molecule has 2 heterocycles. The summed E-state index contributed by atoms with van der Waals surface area (Å²) in [5.74, 6) is 0. The van der Waals surface area contributed by atoms with Crippen LogP contribution in [-0.2, 0) is 0 Å². The lowest BCUT2D eigenvalue weighted by Gasteiger charge is -1.99. The van der Waals surface area contributed by atoms with E-state index >= 15 is 0 Å². The lowest BCUT2D eigenvalue weighted by atomic mass is 10.1. The van der Waals surface area contributed by atoms with E-state index in [1.807, 2.05) is 31.2 Å². The van der Waals surface area contributed by atoms with Crippen molar-refractivity contribution in [2.75, 3.05) is 0 Å². The van der Waals surface area contributed by atoms with Gasteiger partial charge in [-0.25, -0.2) is 4.98 Å². The first-order valence-corrected chi connectivity index (χ1v) is 6.27. The molecule has 0 bridgehead atoms. The molecule has 0 atom stereocenters. The van der Waals surface area contributed by atoms with Crippen molar-refractivity contribution in [2.45, 2.75) is 6.92 Å². The molecule has 0 aliphatic heterocycles. The number of fused-ring (bicyclic) bond motifs is 1. The molecule has 2 aromatic heterocycles. The van der Waals surface area contributed by atoms with Gasteiger partial charge >= 0.3 is 0 Å². The van der Waals surface area contributed by atoms with E-state index in [0.29, 0.717) is 22.1 Å². The van der Waals surface area contributed by atoms with E-state index in [-0.39, 0.29) is 0 Å². The highest BCUT2D eigenvalue weighted by Gasteiger charge is 2.14. The van der Waals surface area contributed by atoms with Gasteiger partial charge in [-0.15, -0.1) is 0 Å². The Bertz CT molecular complexity index is 760. The predicted octanol–water partition coefficient (Wildman–Crippen LogP) is 3.78. The standard InChI is InChI=1S/C15H11ClN2O/c1-10-4-6-11(7-5-10)14-13(9-19)18-8-2-3-12(16)15(18)17-14/h2-9H,1H3. The van der Waals surface area contributed by atoms with Gasteiger partial charge in [0, 0.05) is 11.8 Å². The Morgan fingerprint density at radius 3 is 2.63 bits per heavy atom. The monoisotopic (exact) mass is 270 g/mol. The van der Waals surface area contributed by atoms with Crippen molar-refractivity contribution in [3.8, 4) is 11.3 Å². The second-order valence-corrected chi connectivity index (χ2v) is 4.79. The van der Waals surface area contributed by atoms with Crippen LogP contribution >= 0.6 is 11.6 Å². The number of rotatable bonds is 2. The minimum Gasteiger partial charge on any atom is -0.296 e. The number of carbonyl (C=O) groups is 1. The highest BCUT2D eigenvalue weighted by atomic mass is 35.5. The van der Waals surface area contributed by atoms with E-state index in [4.69, 9.17) is 11.6 Å². The summed E-state index contributed by atoms with van der Waals surface area (Å²) in [7, 11) is 0. The maximum absolute atomic E-state index is 11.4. The van der Waals surface area contributed by atoms with Crippen LogP contribution in [0.3, 0.4) is 0 Å². The van der Waals surface area contributed by atoms with Gasteiger partial charge in [-0.2, -0.15) is 0 Å². The molecule has 3 aromatic rings. The number of pyridine rings is 1. The van der Waals surface area contributed by atoms with Crippen molar-refractivity contribution in [3.05, 3.63) is 58.9 Å². The van der Waals surface area contributed by atoms with Crippen molar-refractivity contribution in [3.63, 3.8) is 0 Å². The minimum atomic E-state index is 0.515. The van der Waals surface area contributed by atoms with Crippen molar-refractivity contribution < 1.29 is 4.79 Å². The quantitative estimate of drug-likeness (QED) is 0.664. The van der Waals surface area contributed by atoms with Crippen LogP contribution in [0.2, 0.25) is 5.02 Å². The lowest BCUT2D eigenvalue weighted by Crippen LogP contribution is -1.92. The number of aromatic nitrogens is 2. The zero-order valence-corrected chi connectivity index (χ0v) is 11.1. The zero-order chi connectivity index (χ0) is 13.4. The summed E-state index contributed by atoms with van der Waals surface area (Å²) in [5, 5.41) is 0.531. The molecule has 19 heavy (non-hydrogen) atoms. The summed E-state index contributed by atoms with van der Waals surface area (Å²) >= 11 is 6.11. The third-order valence-electron chi connectivity index (χ3n) is 3.08. The van der Waals surface area contributed by atoms with E-state index in [1.54, 1.807) is 22.7 Å². The molecule has 3 rings (SSSR count). The Morgan fingerprint density at radius 2 is 1.95 bits per heavy atom. The first kappa shape index (κ1) is 11.9. The van der Waals surface area contributed by atoms with Gasteiger partial charge in [0.15, 0.2) is 11.9 Å². The number of aldehydes is 1. The summed E-state index contributed by atoms with van der Waals surface area (Å²) in [6.45, 7) is 2.02. The van der Waals surface area contributed by atoms with Crippen LogP contribution < -0.4 is 0 Å². The molecule has 0 spiro atoms. The molecule has 0 N–H and O–H groups in total. The molecular weight excluding hydrogens is 260 g/mol. The highest BCUT2D eigenvalue weighted by Crippen LogP contribution is 2.26. The van der Waals surface area contributed by atoms with Crippen LogP contribution in [0.4, 0.5) is 0 Å². The van der Waals surface area contributed by atoms with Gasteiger partial charge < -0.3 is 0 Å². The summed E-state index contributed by atoms with van der Waals surface area (Å²) in [5.41, 5.74) is 3.84. The van der Waals surface area contributed by atoms with Gasteiger partial charge in [0.1, 0.15) is 11.4 Å². The number of benzene rings is 1. The fourth-order valence-corrected chi connectivity index (χ4v) is 2.30. The Morgan fingerprint density at radius 1 is 1.21 bits per heavy atom. The summed E-state index contributed by atoms with van der Waals surface area (Å²) in [6, 6.07) is 11.5. The van der Waals surface area contributed by atoms with Gasteiger partial charge in [0.2, 0.25) is 0 Å². The van der Waals surface area contributed by atoms with Crippen molar-refractivity contribution >= 4 is 23.5 Å². The molecule has 0 aliphatic rings. The second-order valence-electron chi connectivity index (χ2n) is 4.38. The van der Waals surface area contributed by atoms with E-state index in [1.165, 1.54) is 0 Å². The molecule has 0 amide bonds. The maximum Gasteiger partial charge on any atom is 0.169 e. The zero-order valence-electron chi connectivity index (χ0n) is 10.3. The lowest BCUT2D eigenvalue weighted by molar-refractivity contribution is 0.111. The Balaban J connectivity index is 2.32. The first-order valence-electron chi connectivity index (χ1n) is 5.89. The van der Waals surface area contributed by atoms with Gasteiger partial charge in [0.05, 0.1) is 5.02 Å². The molecular formula is C15H11ClN2O. The van der Waals surface area contributed by atoms with Gasteiger partial charge in [-0.05, 0) is 19.1 Å². The van der Waals surface area contributed by atoms with Gasteiger partial charge in [-0.3, -0.25) is 9.20 Å². The fraction of sp³-hybridized carbons (Fsp3) is 0.0667. The molecule has 0 fully saturated rings. The number of carbonyl (C=O) groups excluding carboxylic acids is 1. The topological polar surface area (TPSA) is 34.4 Å². The van der Waals surface area contributed by atoms with Crippen molar-refractivity contribution in [2.24, 2.45) is 0 Å². The van der Waals surface area contributed by atoms with E-state index in [2.05, 4.69) is 4.98 Å². The molecule has 0 unspecified atom stereocenters. The third kappa shape index (κ3) is 1.92. The number of hydrogen-bond donors (Lipinski definition) is 0. The second kappa shape index (κ2) is 4.52. The average Bonchev–Trinajstić information content (AvgIpc) is 2.79. The Kier molecular flexibility index (Phi) is 2.84. The van der Waals surface area contributed by atoms with E-state index in [0.717, 1.165) is 17.4 Å². The van der Waals surface area contributed by atoms with Gasteiger partial charge in [0.25, 0.3) is 0 Å². The molecule has 3 nitrogen and oxygen atoms in total. The van der Waals surface area contributed by atoms with Crippen molar-refractivity contribution in [1.82, 2.24) is 9.38 Å². The molecule has 0 aliphatic carbocycles. The van der Waals surface area contributed by atoms with Crippen LogP contribution in [-0.4, -0.2) is 15.7 Å². The molecule has 4 heteroatoms. The van der Waals surface area contributed by atoms with Crippen LogP contribution in [0.25, 0.3) is 16.9 Å². The molecule has 0 saturated carbocycles. The van der Waals surface area contributed by atoms with E-state index in [9.17, 15) is 4.79 Å². The predicted molar refractivity (Wildman–Crippen MR) is 75.8 cm³/mol. The first-order chi connectivity index (χ1) is 9.20. The van der Waals surface area contributed by atoms with Crippen LogP contribution in [0, 0.1) is 6.92 Å². The van der Waals surface area contributed by atoms with Crippen molar-refractivity contribution in [1.29, 1.82) is 0 Å². The normalized spacial score (nSPS) is 10.8. The maximum atomic E-state index is 11.4. The Hall–Kier alpha value is -2.13. The van der Waals surface area contributed by atoms with Crippen LogP contribution in [0.5, 0.6) is 0 Å². The average molecular weight is 271 g/mol. The number of nitrogens with zero attached hydrogens (tertiary/aromatic N) is 2. The fourth-order valence-electron chi connectivity index (χ4n) is 2.09. The van der Waals surface area contributed by atoms with Crippen LogP contribution in [0.1, 0.15) is 16.1 Å². The molecule has 94 valence electrons. The van der Waals surface area contributed by atoms with Gasteiger partial charge in [-0.1, -0.05) is 41.4 Å². The SMILES string of the molecule is Cc1ccc(-c2nc3c(Cl)cccn3c2C=O)cc1. The highest BCUT2D eigenvalue weighted by molar-refractivity contribution is 6.33. The molecule has 0 radical (unpaired) electrons. The number of hydrogen-bond acceptors (Lipinski definition) is 2. The summed E-state index contributed by atoms with van der Waals surface area (Å²) < 4.78 is 1.71. The van der Waals surface area contributed by atoms with Crippen LogP contribution in [0.15, 0.2) is 42.6 Å². The largest absolute Gasteiger partial charge is 0.296 e. The third-order valence-corrected chi connectivity index (χ3v) is 3.37. The minimum absolute atomic E-state index is 0.515. The molecule has 1 aromatic carbocycles. The molecule has 0 saturated heterocycles. The van der Waals surface area contributed by atoms with E-state index < -0.39 is 0 Å². The summed E-state index contributed by atoms with van der Waals surface area (Å²) in [6.07, 6.45) is 2.60.